The van der Waals surface area contributed by atoms with Crippen molar-refractivity contribution in [2.24, 2.45) is 0 Å². The largest absolute Gasteiger partial charge is 0.480 e. The van der Waals surface area contributed by atoms with Crippen molar-refractivity contribution in [2.75, 3.05) is 6.54 Å². The number of carbonyl (C=O) groups is 1. The number of carboxylic acid groups (broad SMARTS) is 1. The van der Waals surface area contributed by atoms with E-state index in [4.69, 9.17) is 5.11 Å². The van der Waals surface area contributed by atoms with Gasteiger partial charge in [-0.05, 0) is 29.3 Å². The molecule has 0 bridgehead atoms. The van der Waals surface area contributed by atoms with Crippen molar-refractivity contribution in [1.82, 2.24) is 5.32 Å². The molecule has 0 radical (unpaired) electrons. The summed E-state index contributed by atoms with van der Waals surface area (Å²) >= 11 is 0. The lowest BCUT2D eigenvalue weighted by Crippen LogP contribution is -2.38. The van der Waals surface area contributed by atoms with Crippen LogP contribution in [-0.4, -0.2) is 23.7 Å². The minimum absolute atomic E-state index is 0.508. The van der Waals surface area contributed by atoms with E-state index in [1.165, 1.54) is 5.39 Å². The molecule has 2 N–H and O–H groups in total. The first kappa shape index (κ1) is 12.6. The van der Waals surface area contributed by atoms with E-state index in [-0.39, 0.29) is 0 Å². The summed E-state index contributed by atoms with van der Waals surface area (Å²) in [6.45, 7) is 2.57. The zero-order chi connectivity index (χ0) is 13.0. The molecule has 2 aromatic carbocycles. The van der Waals surface area contributed by atoms with Crippen molar-refractivity contribution in [3.05, 3.63) is 48.0 Å². The van der Waals surface area contributed by atoms with Gasteiger partial charge in [-0.3, -0.25) is 4.79 Å². The van der Waals surface area contributed by atoms with Gasteiger partial charge in [0.05, 0.1) is 0 Å². The summed E-state index contributed by atoms with van der Waals surface area (Å²) in [5.74, 6) is -0.801. The van der Waals surface area contributed by atoms with Crippen molar-refractivity contribution in [1.29, 1.82) is 0 Å². The Bertz CT molecular complexity index is 551. The van der Waals surface area contributed by atoms with Gasteiger partial charge in [0.2, 0.25) is 0 Å². The first-order valence-corrected chi connectivity index (χ1v) is 6.14. The van der Waals surface area contributed by atoms with Gasteiger partial charge in [0.25, 0.3) is 0 Å². The Morgan fingerprint density at radius 3 is 2.61 bits per heavy atom. The van der Waals surface area contributed by atoms with E-state index in [1.54, 1.807) is 0 Å². The van der Waals surface area contributed by atoms with E-state index >= 15 is 0 Å². The van der Waals surface area contributed by atoms with Gasteiger partial charge in [-0.2, -0.15) is 0 Å². The summed E-state index contributed by atoms with van der Waals surface area (Å²) in [7, 11) is 0. The van der Waals surface area contributed by atoms with Crippen LogP contribution in [0.3, 0.4) is 0 Å². The van der Waals surface area contributed by atoms with Crippen molar-refractivity contribution in [3.63, 3.8) is 0 Å². The Hall–Kier alpha value is -1.87. The first-order chi connectivity index (χ1) is 8.70. The van der Waals surface area contributed by atoms with Crippen LogP contribution >= 0.6 is 0 Å². The average molecular weight is 243 g/mol. The first-order valence-electron chi connectivity index (χ1n) is 6.14. The molecule has 18 heavy (non-hydrogen) atoms. The molecule has 0 fully saturated rings. The van der Waals surface area contributed by atoms with Crippen molar-refractivity contribution in [2.45, 2.75) is 19.4 Å². The third-order valence-corrected chi connectivity index (χ3v) is 3.00. The van der Waals surface area contributed by atoms with Crippen LogP contribution in [-0.2, 0) is 11.2 Å². The second-order valence-corrected chi connectivity index (χ2v) is 4.33. The number of fused-ring (bicyclic) bond motifs is 1. The minimum Gasteiger partial charge on any atom is -0.480 e. The summed E-state index contributed by atoms with van der Waals surface area (Å²) < 4.78 is 0. The van der Waals surface area contributed by atoms with Gasteiger partial charge in [0.15, 0.2) is 0 Å². The number of aliphatic carboxylic acids is 1. The van der Waals surface area contributed by atoms with Crippen LogP contribution in [0, 0.1) is 0 Å². The van der Waals surface area contributed by atoms with E-state index in [2.05, 4.69) is 17.4 Å². The highest BCUT2D eigenvalue weighted by atomic mass is 16.4. The summed E-state index contributed by atoms with van der Waals surface area (Å²) in [5, 5.41) is 14.4. The van der Waals surface area contributed by atoms with Crippen LogP contribution < -0.4 is 5.32 Å². The number of rotatable bonds is 5. The molecular weight excluding hydrogens is 226 g/mol. The molecular formula is C15H17NO2. The standard InChI is InChI=1S/C15H17NO2/c1-2-16-14(15(17)18)10-11-7-8-12-5-3-4-6-13(12)9-11/h3-9,14,16H,2,10H2,1H3,(H,17,18)/t14-/m0/s1. The zero-order valence-corrected chi connectivity index (χ0v) is 10.4. The molecule has 2 rings (SSSR count). The second kappa shape index (κ2) is 5.65. The molecule has 0 amide bonds. The van der Waals surface area contributed by atoms with Gasteiger partial charge in [0, 0.05) is 0 Å². The SMILES string of the molecule is CCN[C@@H](Cc1ccc2ccccc2c1)C(=O)O. The van der Waals surface area contributed by atoms with Crippen molar-refractivity contribution >= 4 is 16.7 Å². The quantitative estimate of drug-likeness (QED) is 0.848. The lowest BCUT2D eigenvalue weighted by atomic mass is 10.0. The Balaban J connectivity index is 2.22. The molecule has 94 valence electrons. The molecule has 0 aromatic heterocycles. The average Bonchev–Trinajstić information content (AvgIpc) is 2.38. The van der Waals surface area contributed by atoms with Crippen LogP contribution in [0.2, 0.25) is 0 Å². The Labute approximate surface area is 106 Å². The molecule has 0 spiro atoms. The highest BCUT2D eigenvalue weighted by Gasteiger charge is 2.16. The third-order valence-electron chi connectivity index (χ3n) is 3.00. The molecule has 1 atom stereocenters. The molecule has 3 heteroatoms. The van der Waals surface area contributed by atoms with Gasteiger partial charge in [0.1, 0.15) is 6.04 Å². The zero-order valence-electron chi connectivity index (χ0n) is 10.4. The number of likely N-dealkylation sites (N-methyl/N-ethyl adjacent to an activating group) is 1. The number of benzene rings is 2. The maximum absolute atomic E-state index is 11.1. The van der Waals surface area contributed by atoms with E-state index < -0.39 is 12.0 Å². The summed E-state index contributed by atoms with van der Waals surface area (Å²) in [6, 6.07) is 13.7. The Morgan fingerprint density at radius 2 is 1.94 bits per heavy atom. The number of hydrogen-bond acceptors (Lipinski definition) is 2. The molecule has 0 unspecified atom stereocenters. The van der Waals surface area contributed by atoms with Crippen LogP contribution in [0.15, 0.2) is 42.5 Å². The fourth-order valence-corrected chi connectivity index (χ4v) is 2.09. The lowest BCUT2D eigenvalue weighted by Gasteiger charge is -2.13. The van der Waals surface area contributed by atoms with Crippen LogP contribution in [0.1, 0.15) is 12.5 Å². The van der Waals surface area contributed by atoms with E-state index in [0.29, 0.717) is 13.0 Å². The molecule has 0 aliphatic rings. The van der Waals surface area contributed by atoms with Crippen molar-refractivity contribution in [3.8, 4) is 0 Å². The van der Waals surface area contributed by atoms with Crippen LogP contribution in [0.5, 0.6) is 0 Å². The third kappa shape index (κ3) is 2.87. The topological polar surface area (TPSA) is 49.3 Å². The van der Waals surface area contributed by atoms with Gasteiger partial charge < -0.3 is 10.4 Å². The number of nitrogens with one attached hydrogen (secondary N) is 1. The van der Waals surface area contributed by atoms with Gasteiger partial charge in [-0.15, -0.1) is 0 Å². The summed E-state index contributed by atoms with van der Waals surface area (Å²) in [4.78, 5) is 11.1. The highest BCUT2D eigenvalue weighted by molar-refractivity contribution is 5.83. The Morgan fingerprint density at radius 1 is 1.22 bits per heavy atom. The predicted octanol–water partition coefficient (Wildman–Crippen LogP) is 2.45. The molecule has 0 aliphatic heterocycles. The van der Waals surface area contributed by atoms with Gasteiger partial charge in [-0.1, -0.05) is 49.4 Å². The predicted molar refractivity (Wildman–Crippen MR) is 72.8 cm³/mol. The fraction of sp³-hybridized carbons (Fsp3) is 0.267. The molecule has 2 aromatic rings. The van der Waals surface area contributed by atoms with Crippen molar-refractivity contribution < 1.29 is 9.90 Å². The molecule has 3 nitrogen and oxygen atoms in total. The maximum Gasteiger partial charge on any atom is 0.321 e. The fourth-order valence-electron chi connectivity index (χ4n) is 2.09. The molecule has 0 heterocycles. The van der Waals surface area contributed by atoms with Gasteiger partial charge in [-0.25, -0.2) is 0 Å². The summed E-state index contributed by atoms with van der Waals surface area (Å²) in [5.41, 5.74) is 1.04. The van der Waals surface area contributed by atoms with Gasteiger partial charge >= 0.3 is 5.97 Å². The second-order valence-electron chi connectivity index (χ2n) is 4.33. The summed E-state index contributed by atoms with van der Waals surface area (Å²) in [6.07, 6.45) is 0.508. The maximum atomic E-state index is 11.1. The number of carboxylic acids is 1. The van der Waals surface area contributed by atoms with E-state index in [0.717, 1.165) is 10.9 Å². The smallest absolute Gasteiger partial charge is 0.321 e. The normalized spacial score (nSPS) is 12.5. The van der Waals surface area contributed by atoms with Crippen LogP contribution in [0.4, 0.5) is 0 Å². The molecule has 0 aliphatic carbocycles. The highest BCUT2D eigenvalue weighted by Crippen LogP contribution is 2.16. The monoisotopic (exact) mass is 243 g/mol. The van der Waals surface area contributed by atoms with E-state index in [9.17, 15) is 4.79 Å². The lowest BCUT2D eigenvalue weighted by molar-refractivity contribution is -0.139. The Kier molecular flexibility index (Phi) is 3.95. The molecule has 0 saturated carbocycles. The number of hydrogen-bond donors (Lipinski definition) is 2. The molecule has 0 saturated heterocycles. The minimum atomic E-state index is -0.801. The van der Waals surface area contributed by atoms with Crippen LogP contribution in [0.25, 0.3) is 10.8 Å². The van der Waals surface area contributed by atoms with E-state index in [1.807, 2.05) is 37.3 Å².